The van der Waals surface area contributed by atoms with Gasteiger partial charge in [0, 0.05) is 12.1 Å². The largest absolute Gasteiger partial charge is 0.378 e. The first-order chi connectivity index (χ1) is 6.02. The number of epoxide rings is 1. The van der Waals surface area contributed by atoms with Crippen LogP contribution in [0.5, 0.6) is 0 Å². The number of hydrogen-bond acceptors (Lipinski definition) is 4. The zero-order valence-electron chi connectivity index (χ0n) is 8.82. The zero-order valence-corrected chi connectivity index (χ0v) is 8.82. The highest BCUT2D eigenvalue weighted by atomic mass is 16.6. The third kappa shape index (κ3) is 14.7. The van der Waals surface area contributed by atoms with Crippen molar-refractivity contribution in [2.45, 2.75) is 39.0 Å². The first kappa shape index (κ1) is 12.8. The van der Waals surface area contributed by atoms with E-state index in [1.54, 1.807) is 0 Å². The Morgan fingerprint density at radius 2 is 1.62 bits per heavy atom. The van der Waals surface area contributed by atoms with Crippen molar-refractivity contribution in [1.82, 2.24) is 0 Å². The van der Waals surface area contributed by atoms with E-state index in [-0.39, 0.29) is 12.1 Å². The highest BCUT2D eigenvalue weighted by Crippen LogP contribution is 2.04. The van der Waals surface area contributed by atoms with Crippen LogP contribution >= 0.6 is 0 Å². The van der Waals surface area contributed by atoms with Crippen molar-refractivity contribution in [2.75, 3.05) is 19.8 Å². The SMILES string of the molecule is CC(N)COCC(C)N.CC1CO1. The molecule has 0 aromatic carbocycles. The van der Waals surface area contributed by atoms with Crippen LogP contribution in [-0.2, 0) is 9.47 Å². The van der Waals surface area contributed by atoms with Gasteiger partial charge in [-0.1, -0.05) is 0 Å². The van der Waals surface area contributed by atoms with Gasteiger partial charge in [0.15, 0.2) is 0 Å². The Labute approximate surface area is 80.6 Å². The Balaban J connectivity index is 0.000000293. The molecule has 1 rings (SSSR count). The molecule has 4 N–H and O–H groups in total. The summed E-state index contributed by atoms with van der Waals surface area (Å²) in [6.07, 6.45) is 0.583. The summed E-state index contributed by atoms with van der Waals surface area (Å²) in [5.41, 5.74) is 10.8. The molecule has 0 amide bonds. The fourth-order valence-corrected chi connectivity index (χ4v) is 0.536. The Bertz CT molecular complexity index is 106. The van der Waals surface area contributed by atoms with E-state index in [2.05, 4.69) is 6.92 Å². The van der Waals surface area contributed by atoms with Crippen molar-refractivity contribution in [3.8, 4) is 0 Å². The highest BCUT2D eigenvalue weighted by molar-refractivity contribution is 4.58. The molecule has 4 heteroatoms. The van der Waals surface area contributed by atoms with Crippen molar-refractivity contribution in [1.29, 1.82) is 0 Å². The maximum Gasteiger partial charge on any atom is 0.0781 e. The average Bonchev–Trinajstić information content (AvgIpc) is 2.71. The molecule has 4 nitrogen and oxygen atoms in total. The molecule has 3 unspecified atom stereocenters. The summed E-state index contributed by atoms with van der Waals surface area (Å²) < 4.78 is 9.81. The molecular formula is C9H22N2O2. The van der Waals surface area contributed by atoms with Crippen LogP contribution in [0.1, 0.15) is 20.8 Å². The Morgan fingerprint density at radius 1 is 1.31 bits per heavy atom. The lowest BCUT2D eigenvalue weighted by atomic mass is 10.4. The van der Waals surface area contributed by atoms with Crippen molar-refractivity contribution in [3.05, 3.63) is 0 Å². The highest BCUT2D eigenvalue weighted by Gasteiger charge is 2.13. The topological polar surface area (TPSA) is 73.8 Å². The molecule has 1 fully saturated rings. The normalized spacial score (nSPS) is 24.2. The van der Waals surface area contributed by atoms with Crippen LogP contribution in [0.15, 0.2) is 0 Å². The van der Waals surface area contributed by atoms with Crippen LogP contribution in [0.4, 0.5) is 0 Å². The van der Waals surface area contributed by atoms with Gasteiger partial charge in [-0.3, -0.25) is 0 Å². The van der Waals surface area contributed by atoms with Gasteiger partial charge in [-0.25, -0.2) is 0 Å². The summed E-state index contributed by atoms with van der Waals surface area (Å²) in [5, 5.41) is 0. The second-order valence-electron chi connectivity index (χ2n) is 3.64. The van der Waals surface area contributed by atoms with Crippen LogP contribution in [-0.4, -0.2) is 38.0 Å². The van der Waals surface area contributed by atoms with Crippen LogP contribution in [0.25, 0.3) is 0 Å². The minimum absolute atomic E-state index is 0.115. The molecule has 80 valence electrons. The summed E-state index contributed by atoms with van der Waals surface area (Å²) in [6, 6.07) is 0.229. The van der Waals surface area contributed by atoms with Crippen LogP contribution < -0.4 is 11.5 Å². The van der Waals surface area contributed by atoms with Gasteiger partial charge in [0.05, 0.1) is 25.9 Å². The van der Waals surface area contributed by atoms with Gasteiger partial charge in [-0.05, 0) is 20.8 Å². The van der Waals surface area contributed by atoms with E-state index in [9.17, 15) is 0 Å². The molecule has 0 aromatic rings. The van der Waals surface area contributed by atoms with Gasteiger partial charge in [0.25, 0.3) is 0 Å². The average molecular weight is 190 g/mol. The summed E-state index contributed by atoms with van der Waals surface area (Å²) in [4.78, 5) is 0. The molecule has 1 aliphatic heterocycles. The lowest BCUT2D eigenvalue weighted by molar-refractivity contribution is 0.115. The van der Waals surface area contributed by atoms with E-state index < -0.39 is 0 Å². The Kier molecular flexibility index (Phi) is 7.17. The molecule has 0 saturated carbocycles. The molecular weight excluding hydrogens is 168 g/mol. The lowest BCUT2D eigenvalue weighted by Gasteiger charge is -2.08. The van der Waals surface area contributed by atoms with Crippen molar-refractivity contribution < 1.29 is 9.47 Å². The molecule has 0 aromatic heterocycles. The third-order valence-electron chi connectivity index (χ3n) is 1.26. The predicted octanol–water partition coefficient (Wildman–Crippen LogP) is 0.103. The van der Waals surface area contributed by atoms with Crippen LogP contribution in [0.3, 0.4) is 0 Å². The molecule has 1 saturated heterocycles. The summed E-state index contributed by atoms with van der Waals surface area (Å²) in [6.45, 7) is 8.05. The maximum atomic E-state index is 5.41. The number of ether oxygens (including phenoxy) is 2. The van der Waals surface area contributed by atoms with Crippen molar-refractivity contribution >= 4 is 0 Å². The first-order valence-corrected chi connectivity index (χ1v) is 4.73. The monoisotopic (exact) mass is 190 g/mol. The molecule has 0 bridgehead atoms. The molecule has 1 heterocycles. The number of rotatable bonds is 4. The minimum Gasteiger partial charge on any atom is -0.378 e. The van der Waals surface area contributed by atoms with Gasteiger partial charge in [-0.2, -0.15) is 0 Å². The molecule has 0 radical (unpaired) electrons. The second-order valence-corrected chi connectivity index (χ2v) is 3.64. The van der Waals surface area contributed by atoms with E-state index in [1.165, 1.54) is 0 Å². The van der Waals surface area contributed by atoms with Crippen LogP contribution in [0, 0.1) is 0 Å². The fraction of sp³-hybridized carbons (Fsp3) is 1.00. The van der Waals surface area contributed by atoms with Crippen molar-refractivity contribution in [2.24, 2.45) is 11.5 Å². The summed E-state index contributed by atoms with van der Waals surface area (Å²) >= 11 is 0. The summed E-state index contributed by atoms with van der Waals surface area (Å²) in [5.74, 6) is 0. The standard InChI is InChI=1S/C6H16N2O.C3H6O/c1-5(7)3-9-4-6(2)8;1-3-2-4-3/h5-6H,3-4,7-8H2,1-2H3;3H,2H2,1H3. The Morgan fingerprint density at radius 3 is 1.77 bits per heavy atom. The van der Waals surface area contributed by atoms with E-state index >= 15 is 0 Å². The fourth-order valence-electron chi connectivity index (χ4n) is 0.536. The van der Waals surface area contributed by atoms with Crippen molar-refractivity contribution in [3.63, 3.8) is 0 Å². The minimum atomic E-state index is 0.115. The van der Waals surface area contributed by atoms with Gasteiger partial charge < -0.3 is 20.9 Å². The van der Waals surface area contributed by atoms with Crippen LogP contribution in [0.2, 0.25) is 0 Å². The van der Waals surface area contributed by atoms with E-state index in [1.807, 2.05) is 13.8 Å². The van der Waals surface area contributed by atoms with Gasteiger partial charge >= 0.3 is 0 Å². The smallest absolute Gasteiger partial charge is 0.0781 e. The number of hydrogen-bond donors (Lipinski definition) is 2. The number of nitrogens with two attached hydrogens (primary N) is 2. The van der Waals surface area contributed by atoms with E-state index in [4.69, 9.17) is 20.9 Å². The summed E-state index contributed by atoms with van der Waals surface area (Å²) in [7, 11) is 0. The molecule has 0 aliphatic carbocycles. The molecule has 1 aliphatic rings. The predicted molar refractivity (Wildman–Crippen MR) is 53.5 cm³/mol. The van der Waals surface area contributed by atoms with Gasteiger partial charge in [0.1, 0.15) is 0 Å². The third-order valence-corrected chi connectivity index (χ3v) is 1.26. The lowest BCUT2D eigenvalue weighted by Crippen LogP contribution is -2.27. The molecule has 13 heavy (non-hydrogen) atoms. The maximum absolute atomic E-state index is 5.41. The Hall–Kier alpha value is -0.160. The molecule has 0 spiro atoms. The quantitative estimate of drug-likeness (QED) is 0.617. The van der Waals surface area contributed by atoms with E-state index in [0.29, 0.717) is 19.3 Å². The second kappa shape index (κ2) is 7.26. The zero-order chi connectivity index (χ0) is 10.3. The van der Waals surface area contributed by atoms with E-state index in [0.717, 1.165) is 6.61 Å². The first-order valence-electron chi connectivity index (χ1n) is 4.73. The molecule has 3 atom stereocenters. The van der Waals surface area contributed by atoms with Gasteiger partial charge in [-0.15, -0.1) is 0 Å². The van der Waals surface area contributed by atoms with Gasteiger partial charge in [0.2, 0.25) is 0 Å².